The smallest absolute Gasteiger partial charge is 0.386 e. The van der Waals surface area contributed by atoms with Crippen LogP contribution >= 0.6 is 23.8 Å². The molecule has 2 aliphatic rings. The molecule has 2 aromatic rings. The fourth-order valence-electron chi connectivity index (χ4n) is 2.75. The third-order valence-corrected chi connectivity index (χ3v) is 5.29. The van der Waals surface area contributed by atoms with Gasteiger partial charge in [-0.15, -0.1) is 0 Å². The van der Waals surface area contributed by atoms with Crippen molar-refractivity contribution in [3.05, 3.63) is 15.1 Å². The number of nitrogen functional groups attached to an aromatic ring is 1. The van der Waals surface area contributed by atoms with Gasteiger partial charge in [-0.25, -0.2) is 9.55 Å². The molecule has 0 aromatic carbocycles. The predicted octanol–water partition coefficient (Wildman–Crippen LogP) is -0.762. The summed E-state index contributed by atoms with van der Waals surface area (Å²) in [5.41, 5.74) is 5.07. The van der Waals surface area contributed by atoms with Crippen LogP contribution in [0.1, 0.15) is 6.23 Å². The van der Waals surface area contributed by atoms with E-state index in [4.69, 9.17) is 15.0 Å². The van der Waals surface area contributed by atoms with Crippen molar-refractivity contribution in [1.29, 1.82) is 0 Å². The summed E-state index contributed by atoms with van der Waals surface area (Å²) in [5, 5.41) is 10.5. The van der Waals surface area contributed by atoms with E-state index in [0.29, 0.717) is 0 Å². The minimum atomic E-state index is -4.24. The lowest BCUT2D eigenvalue weighted by molar-refractivity contribution is -0.0669. The first-order chi connectivity index (χ1) is 11.3. The lowest BCUT2D eigenvalue weighted by Gasteiger charge is -2.27. The number of aromatic amines is 1. The van der Waals surface area contributed by atoms with Crippen molar-refractivity contribution in [2.24, 2.45) is 0 Å². The van der Waals surface area contributed by atoms with Gasteiger partial charge in [0.05, 0.1) is 6.61 Å². The van der Waals surface area contributed by atoms with Crippen LogP contribution in [0.5, 0.6) is 0 Å². The molecular formula is C10H11BrN5O7P. The molecule has 0 radical (unpaired) electrons. The fourth-order valence-corrected chi connectivity index (χ4v) is 4.26. The van der Waals surface area contributed by atoms with Crippen LogP contribution in [0.25, 0.3) is 11.2 Å². The summed E-state index contributed by atoms with van der Waals surface area (Å²) >= 11 is 3.18. The second-order valence-electron chi connectivity index (χ2n) is 5.26. The van der Waals surface area contributed by atoms with E-state index in [9.17, 15) is 19.4 Å². The standard InChI is InChI=1S/C10H11BrN5O7P/c11-9-13-3-6(14-10(12)15-7(3)18)16(9)8-4(17)5-2(22-8)1-21-24(19,20)23-5/h2,4-5,8,17H,1H2,(H,19,20)(H3,12,14,15,18)/t2?,4-,5?,8+/m0/s1. The van der Waals surface area contributed by atoms with E-state index < -0.39 is 37.9 Å². The number of aliphatic hydroxyl groups excluding tert-OH is 1. The first-order valence-corrected chi connectivity index (χ1v) is 8.98. The summed E-state index contributed by atoms with van der Waals surface area (Å²) in [5.74, 6) is -0.134. The van der Waals surface area contributed by atoms with Gasteiger partial charge in [-0.1, -0.05) is 0 Å². The predicted molar refractivity (Wildman–Crippen MR) is 80.8 cm³/mol. The lowest BCUT2D eigenvalue weighted by atomic mass is 10.1. The molecule has 2 aromatic heterocycles. The number of halogens is 1. The number of phosphoric acid groups is 1. The molecule has 14 heteroatoms. The van der Waals surface area contributed by atoms with Crippen molar-refractivity contribution in [2.75, 3.05) is 12.3 Å². The van der Waals surface area contributed by atoms with E-state index >= 15 is 0 Å². The van der Waals surface area contributed by atoms with Crippen molar-refractivity contribution in [3.8, 4) is 0 Å². The van der Waals surface area contributed by atoms with Crippen LogP contribution in [-0.2, 0) is 18.3 Å². The Labute approximate surface area is 141 Å². The van der Waals surface area contributed by atoms with Crippen molar-refractivity contribution in [3.63, 3.8) is 0 Å². The van der Waals surface area contributed by atoms with Gasteiger partial charge < -0.3 is 20.5 Å². The number of aromatic nitrogens is 4. The Morgan fingerprint density at radius 1 is 1.46 bits per heavy atom. The van der Waals surface area contributed by atoms with Gasteiger partial charge in [-0.3, -0.25) is 23.4 Å². The molecule has 5 atom stereocenters. The monoisotopic (exact) mass is 423 g/mol. The number of H-pyrrole nitrogens is 1. The topological polar surface area (TPSA) is 175 Å². The molecule has 0 bridgehead atoms. The summed E-state index contributed by atoms with van der Waals surface area (Å²) in [6, 6.07) is 0. The molecule has 4 heterocycles. The highest BCUT2D eigenvalue weighted by Gasteiger charge is 2.53. The second-order valence-corrected chi connectivity index (χ2v) is 7.38. The van der Waals surface area contributed by atoms with Crippen LogP contribution in [0.2, 0.25) is 0 Å². The third kappa shape index (κ3) is 2.40. The molecule has 3 unspecified atom stereocenters. The van der Waals surface area contributed by atoms with Crippen molar-refractivity contribution in [1.82, 2.24) is 19.5 Å². The van der Waals surface area contributed by atoms with Crippen LogP contribution in [0, 0.1) is 0 Å². The van der Waals surface area contributed by atoms with E-state index in [1.807, 2.05) is 0 Å². The molecule has 5 N–H and O–H groups in total. The molecule has 2 saturated heterocycles. The molecule has 0 amide bonds. The number of fused-ring (bicyclic) bond motifs is 2. The van der Waals surface area contributed by atoms with E-state index in [2.05, 4.69) is 35.4 Å². The average molecular weight is 424 g/mol. The maximum atomic E-state index is 11.9. The minimum Gasteiger partial charge on any atom is -0.386 e. The highest BCUT2D eigenvalue weighted by atomic mass is 79.9. The molecule has 0 aliphatic carbocycles. The van der Waals surface area contributed by atoms with Crippen molar-refractivity contribution in [2.45, 2.75) is 24.5 Å². The number of ether oxygens (including phenoxy) is 1. The number of hydrogen-bond acceptors (Lipinski definition) is 9. The Balaban J connectivity index is 1.80. The normalized spacial score (nSPS) is 36.1. The molecule has 2 fully saturated rings. The number of anilines is 1. The summed E-state index contributed by atoms with van der Waals surface area (Å²) in [6.45, 7) is -0.230. The average Bonchev–Trinajstić information content (AvgIpc) is 2.96. The van der Waals surface area contributed by atoms with E-state index in [-0.39, 0.29) is 28.5 Å². The van der Waals surface area contributed by atoms with Crippen molar-refractivity contribution >= 4 is 40.9 Å². The zero-order valence-corrected chi connectivity index (χ0v) is 14.2. The SMILES string of the molecule is Nc1nc2c(nc(Br)n2[C@@H]2OC3COP(=O)(O)OC3[C@@H]2O)c(=O)[nH]1. The van der Waals surface area contributed by atoms with Gasteiger partial charge in [0.2, 0.25) is 5.95 Å². The van der Waals surface area contributed by atoms with Gasteiger partial charge >= 0.3 is 7.82 Å². The third-order valence-electron chi connectivity index (χ3n) is 3.75. The Hall–Kier alpha value is -1.34. The molecule has 24 heavy (non-hydrogen) atoms. The van der Waals surface area contributed by atoms with Crippen LogP contribution in [-0.4, -0.2) is 54.4 Å². The maximum Gasteiger partial charge on any atom is 0.472 e. The number of rotatable bonds is 1. The highest BCUT2D eigenvalue weighted by Crippen LogP contribution is 2.52. The Kier molecular flexibility index (Phi) is 3.58. The second kappa shape index (κ2) is 5.33. The van der Waals surface area contributed by atoms with Crippen LogP contribution in [0.3, 0.4) is 0 Å². The van der Waals surface area contributed by atoms with E-state index in [1.54, 1.807) is 0 Å². The van der Waals surface area contributed by atoms with Gasteiger partial charge in [0, 0.05) is 0 Å². The quantitative estimate of drug-likeness (QED) is 0.336. The molecule has 12 nitrogen and oxygen atoms in total. The molecule has 0 spiro atoms. The molecular weight excluding hydrogens is 413 g/mol. The number of aliphatic hydroxyl groups is 1. The maximum absolute atomic E-state index is 11.9. The number of imidazole rings is 1. The summed E-state index contributed by atoms with van der Waals surface area (Å²) in [6.07, 6.45) is -4.25. The largest absolute Gasteiger partial charge is 0.472 e. The highest BCUT2D eigenvalue weighted by molar-refractivity contribution is 9.10. The number of phosphoric ester groups is 1. The lowest BCUT2D eigenvalue weighted by Crippen LogP contribution is -2.39. The van der Waals surface area contributed by atoms with Crippen LogP contribution in [0.15, 0.2) is 9.53 Å². The Morgan fingerprint density at radius 2 is 2.21 bits per heavy atom. The zero-order chi connectivity index (χ0) is 17.2. The number of nitrogens with one attached hydrogen (secondary N) is 1. The van der Waals surface area contributed by atoms with Gasteiger partial charge in [0.25, 0.3) is 5.56 Å². The molecule has 4 rings (SSSR count). The number of nitrogens with zero attached hydrogens (tertiary/aromatic N) is 3. The van der Waals surface area contributed by atoms with Crippen molar-refractivity contribution < 1.29 is 28.3 Å². The summed E-state index contributed by atoms with van der Waals surface area (Å²) < 4.78 is 28.2. The van der Waals surface area contributed by atoms with E-state index in [1.165, 1.54) is 4.57 Å². The molecule has 0 saturated carbocycles. The van der Waals surface area contributed by atoms with Gasteiger partial charge in [-0.2, -0.15) is 4.98 Å². The summed E-state index contributed by atoms with van der Waals surface area (Å²) in [4.78, 5) is 31.7. The van der Waals surface area contributed by atoms with Crippen LogP contribution in [0.4, 0.5) is 5.95 Å². The van der Waals surface area contributed by atoms with Crippen LogP contribution < -0.4 is 11.3 Å². The Morgan fingerprint density at radius 3 is 2.96 bits per heavy atom. The zero-order valence-electron chi connectivity index (χ0n) is 11.7. The van der Waals surface area contributed by atoms with E-state index in [0.717, 1.165) is 0 Å². The molecule has 130 valence electrons. The fraction of sp³-hybridized carbons (Fsp3) is 0.500. The van der Waals surface area contributed by atoms with Gasteiger partial charge in [0.1, 0.15) is 18.3 Å². The summed E-state index contributed by atoms with van der Waals surface area (Å²) in [7, 11) is -4.24. The number of nitrogens with two attached hydrogens (primary N) is 1. The number of hydrogen-bond donors (Lipinski definition) is 4. The minimum absolute atomic E-state index is 0.00764. The first kappa shape index (κ1) is 16.1. The Bertz CT molecular complexity index is 930. The van der Waals surface area contributed by atoms with Gasteiger partial charge in [-0.05, 0) is 15.9 Å². The van der Waals surface area contributed by atoms with Gasteiger partial charge in [0.15, 0.2) is 22.1 Å². The molecule has 2 aliphatic heterocycles. The first-order valence-electron chi connectivity index (χ1n) is 6.69.